The van der Waals surface area contributed by atoms with Crippen molar-refractivity contribution in [2.75, 3.05) is 11.9 Å². The fraction of sp³-hybridized carbons (Fsp3) is 0.0227. The number of fused-ring (bicyclic) bond motifs is 5. The molecule has 2 heterocycles. The zero-order valence-corrected chi connectivity index (χ0v) is 26.0. The molecule has 0 bridgehead atoms. The van der Waals surface area contributed by atoms with Gasteiger partial charge in [-0.15, -0.1) is 0 Å². The second-order valence-corrected chi connectivity index (χ2v) is 12.1. The quantitative estimate of drug-likeness (QED) is 0.183. The van der Waals surface area contributed by atoms with Gasteiger partial charge in [-0.05, 0) is 98.4 Å². The van der Waals surface area contributed by atoms with Gasteiger partial charge < -0.3 is 4.90 Å². The third-order valence-electron chi connectivity index (χ3n) is 9.43. The van der Waals surface area contributed by atoms with Gasteiger partial charge in [-0.1, -0.05) is 109 Å². The first kappa shape index (κ1) is 27.1. The fourth-order valence-electron chi connectivity index (χ4n) is 7.26. The maximum Gasteiger partial charge on any atom is 0.145 e. The van der Waals surface area contributed by atoms with Crippen LogP contribution < -0.4 is 4.90 Å². The predicted molar refractivity (Wildman–Crippen MR) is 199 cm³/mol. The number of pyridine rings is 1. The molecule has 9 aromatic rings. The van der Waals surface area contributed by atoms with E-state index in [1.807, 2.05) is 12.3 Å². The van der Waals surface area contributed by atoms with E-state index in [0.717, 1.165) is 33.6 Å². The van der Waals surface area contributed by atoms with Gasteiger partial charge >= 0.3 is 0 Å². The molecule has 0 unspecified atom stereocenters. The predicted octanol–water partition coefficient (Wildman–Crippen LogP) is 11.6. The van der Waals surface area contributed by atoms with E-state index in [-0.39, 0.29) is 0 Å². The molecule has 0 spiro atoms. The van der Waals surface area contributed by atoms with E-state index in [1.165, 1.54) is 49.2 Å². The largest absolute Gasteiger partial charge is 0.345 e. The van der Waals surface area contributed by atoms with Gasteiger partial charge in [0.25, 0.3) is 0 Å². The minimum atomic E-state index is 0.952. The number of rotatable bonds is 5. The highest BCUT2D eigenvalue weighted by atomic mass is 15.1. The summed E-state index contributed by atoms with van der Waals surface area (Å²) < 4.78 is 2.30. The zero-order valence-electron chi connectivity index (χ0n) is 26.0. The smallest absolute Gasteiger partial charge is 0.145 e. The number of benzene rings is 7. The Labute approximate surface area is 273 Å². The van der Waals surface area contributed by atoms with Crippen LogP contribution >= 0.6 is 0 Å². The molecule has 0 aliphatic heterocycles. The van der Waals surface area contributed by atoms with Crippen LogP contribution in [0.25, 0.3) is 71.4 Å². The standard InChI is InChI=1S/C44H31N3/c1-46(32-16-6-3-7-17-32)33-18-12-19-34(29-33)47-41-26-25-31(28-40(41)39-24-13-27-45-44(39)47)43-37-22-10-8-20-35(37)42(30-14-4-2-5-15-30)36-21-9-11-23-38(36)43/h2-29H,1H3. The summed E-state index contributed by atoms with van der Waals surface area (Å²) in [7, 11) is 2.11. The summed E-state index contributed by atoms with van der Waals surface area (Å²) in [5.74, 6) is 0. The van der Waals surface area contributed by atoms with Crippen LogP contribution in [-0.2, 0) is 0 Å². The van der Waals surface area contributed by atoms with E-state index in [0.29, 0.717) is 0 Å². The van der Waals surface area contributed by atoms with Crippen molar-refractivity contribution in [2.24, 2.45) is 0 Å². The topological polar surface area (TPSA) is 21.1 Å². The van der Waals surface area contributed by atoms with Crippen molar-refractivity contribution >= 4 is 54.9 Å². The lowest BCUT2D eigenvalue weighted by atomic mass is 9.86. The van der Waals surface area contributed by atoms with Crippen molar-refractivity contribution in [3.63, 3.8) is 0 Å². The maximum absolute atomic E-state index is 4.92. The molecule has 9 rings (SSSR count). The molecule has 0 fully saturated rings. The molecule has 0 aliphatic rings. The lowest BCUT2D eigenvalue weighted by molar-refractivity contribution is 1.12. The Morgan fingerprint density at radius 2 is 1.02 bits per heavy atom. The van der Waals surface area contributed by atoms with Crippen LogP contribution in [0.4, 0.5) is 11.4 Å². The Morgan fingerprint density at radius 1 is 0.447 bits per heavy atom. The van der Waals surface area contributed by atoms with Gasteiger partial charge in [0.1, 0.15) is 5.65 Å². The molecule has 0 saturated carbocycles. The summed E-state index contributed by atoms with van der Waals surface area (Å²) in [5.41, 5.74) is 10.4. The first-order valence-electron chi connectivity index (χ1n) is 16.0. The third-order valence-corrected chi connectivity index (χ3v) is 9.43. The summed E-state index contributed by atoms with van der Waals surface area (Å²) in [6.07, 6.45) is 1.89. The Bertz CT molecular complexity index is 2530. The van der Waals surface area contributed by atoms with Crippen molar-refractivity contribution in [2.45, 2.75) is 0 Å². The SMILES string of the molecule is CN(c1ccccc1)c1cccc(-n2c3ccc(-c4c5ccccc5c(-c5ccccc5)c5ccccc45)cc3c3cccnc32)c1. The summed E-state index contributed by atoms with van der Waals surface area (Å²) >= 11 is 0. The molecule has 0 atom stereocenters. The normalized spacial score (nSPS) is 11.5. The minimum absolute atomic E-state index is 0.952. The molecule has 2 aromatic heterocycles. The molecule has 0 amide bonds. The zero-order chi connectivity index (χ0) is 31.3. The highest BCUT2D eigenvalue weighted by Crippen LogP contribution is 2.45. The van der Waals surface area contributed by atoms with Crippen molar-refractivity contribution in [3.05, 3.63) is 170 Å². The molecular weight excluding hydrogens is 571 g/mol. The number of anilines is 2. The molecule has 3 heteroatoms. The molecule has 47 heavy (non-hydrogen) atoms. The Morgan fingerprint density at radius 3 is 1.70 bits per heavy atom. The number of hydrogen-bond acceptors (Lipinski definition) is 2. The van der Waals surface area contributed by atoms with Crippen LogP contribution in [0.15, 0.2) is 170 Å². The molecule has 0 N–H and O–H groups in total. The van der Waals surface area contributed by atoms with E-state index in [4.69, 9.17) is 4.98 Å². The van der Waals surface area contributed by atoms with E-state index in [9.17, 15) is 0 Å². The average Bonchev–Trinajstić information content (AvgIpc) is 3.48. The Balaban J connectivity index is 1.28. The van der Waals surface area contributed by atoms with E-state index < -0.39 is 0 Å². The number of hydrogen-bond donors (Lipinski definition) is 0. The van der Waals surface area contributed by atoms with E-state index >= 15 is 0 Å². The second-order valence-electron chi connectivity index (χ2n) is 12.1. The first-order valence-corrected chi connectivity index (χ1v) is 16.0. The average molecular weight is 602 g/mol. The Hall–Kier alpha value is -6.19. The summed E-state index contributed by atoms with van der Waals surface area (Å²) in [5, 5.41) is 7.35. The minimum Gasteiger partial charge on any atom is -0.345 e. The number of nitrogens with zero attached hydrogens (tertiary/aromatic N) is 3. The van der Waals surface area contributed by atoms with Crippen molar-refractivity contribution in [1.29, 1.82) is 0 Å². The van der Waals surface area contributed by atoms with E-state index in [1.54, 1.807) is 0 Å². The lowest BCUT2D eigenvalue weighted by Gasteiger charge is -2.20. The summed E-state index contributed by atoms with van der Waals surface area (Å²) in [6, 6.07) is 58.8. The van der Waals surface area contributed by atoms with Crippen molar-refractivity contribution in [1.82, 2.24) is 9.55 Å². The maximum atomic E-state index is 4.92. The van der Waals surface area contributed by atoms with E-state index in [2.05, 4.69) is 174 Å². The van der Waals surface area contributed by atoms with Crippen LogP contribution in [0.2, 0.25) is 0 Å². The van der Waals surface area contributed by atoms with Crippen LogP contribution in [0.1, 0.15) is 0 Å². The number of para-hydroxylation sites is 1. The molecule has 0 radical (unpaired) electrons. The fourth-order valence-corrected chi connectivity index (χ4v) is 7.26. The van der Waals surface area contributed by atoms with Gasteiger partial charge in [0.15, 0.2) is 0 Å². The van der Waals surface area contributed by atoms with Gasteiger partial charge in [0, 0.05) is 41.1 Å². The molecule has 3 nitrogen and oxygen atoms in total. The molecule has 0 saturated heterocycles. The van der Waals surface area contributed by atoms with Gasteiger partial charge in [-0.3, -0.25) is 4.57 Å². The highest BCUT2D eigenvalue weighted by Gasteiger charge is 2.19. The molecule has 7 aromatic carbocycles. The van der Waals surface area contributed by atoms with Crippen LogP contribution in [0, 0.1) is 0 Å². The van der Waals surface area contributed by atoms with Crippen LogP contribution in [0.3, 0.4) is 0 Å². The highest BCUT2D eigenvalue weighted by molar-refractivity contribution is 6.22. The molecule has 0 aliphatic carbocycles. The van der Waals surface area contributed by atoms with Gasteiger partial charge in [-0.2, -0.15) is 0 Å². The van der Waals surface area contributed by atoms with Crippen molar-refractivity contribution < 1.29 is 0 Å². The second kappa shape index (κ2) is 11.0. The molecular formula is C44H31N3. The summed E-state index contributed by atoms with van der Waals surface area (Å²) in [6.45, 7) is 0. The van der Waals surface area contributed by atoms with Gasteiger partial charge in [-0.25, -0.2) is 4.98 Å². The number of aromatic nitrogens is 2. The van der Waals surface area contributed by atoms with Gasteiger partial charge in [0.2, 0.25) is 0 Å². The van der Waals surface area contributed by atoms with Crippen molar-refractivity contribution in [3.8, 4) is 27.9 Å². The van der Waals surface area contributed by atoms with Crippen LogP contribution in [0.5, 0.6) is 0 Å². The first-order chi connectivity index (χ1) is 23.3. The Kier molecular flexibility index (Phi) is 6.36. The monoisotopic (exact) mass is 601 g/mol. The lowest BCUT2D eigenvalue weighted by Crippen LogP contribution is -2.09. The molecule has 222 valence electrons. The van der Waals surface area contributed by atoms with Gasteiger partial charge in [0.05, 0.1) is 5.52 Å². The third kappa shape index (κ3) is 4.39. The van der Waals surface area contributed by atoms with Crippen LogP contribution in [-0.4, -0.2) is 16.6 Å². The summed E-state index contributed by atoms with van der Waals surface area (Å²) in [4.78, 5) is 7.14.